The van der Waals surface area contributed by atoms with Crippen LogP contribution in [0, 0.1) is 5.92 Å². The summed E-state index contributed by atoms with van der Waals surface area (Å²) in [6.45, 7) is 0. The summed E-state index contributed by atoms with van der Waals surface area (Å²) >= 11 is 19.2. The van der Waals surface area contributed by atoms with E-state index >= 15 is 0 Å². The van der Waals surface area contributed by atoms with Crippen LogP contribution in [0.3, 0.4) is 0 Å². The van der Waals surface area contributed by atoms with Crippen LogP contribution in [0.5, 0.6) is 5.75 Å². The number of aliphatic carboxylic acids is 1. The molecule has 4 rings (SSSR count). The number of carboxylic acid groups (broad SMARTS) is 1. The first kappa shape index (κ1) is 20.1. The third-order valence-corrected chi connectivity index (χ3v) is 6.61. The molecule has 7 heteroatoms. The Morgan fingerprint density at radius 2 is 1.66 bits per heavy atom. The maximum absolute atomic E-state index is 12.1. The smallest absolute Gasteiger partial charge is 0.314 e. The zero-order valence-electron chi connectivity index (χ0n) is 15.2. The van der Waals surface area contributed by atoms with Crippen molar-refractivity contribution in [1.29, 1.82) is 0 Å². The van der Waals surface area contributed by atoms with Gasteiger partial charge in [0, 0.05) is 17.4 Å². The minimum atomic E-state index is -1.60. The molecule has 2 aromatic carbocycles. The standard InChI is InChI=1S/C22H18Cl3NO3/c23-16-10-8-15(9-11-16)14-18(26-12-4-5-13-26)21(19(20(27)28)22(21,24)25)29-17-6-2-1-3-7-17/h1-13,18-19H,14H2,(H,27,28). The van der Waals surface area contributed by atoms with Crippen molar-refractivity contribution in [3.05, 3.63) is 89.7 Å². The predicted octanol–water partition coefficient (Wildman–Crippen LogP) is 5.63. The summed E-state index contributed by atoms with van der Waals surface area (Å²) < 4.78 is 6.59. The molecule has 0 aliphatic heterocycles. The number of alkyl halides is 2. The van der Waals surface area contributed by atoms with Gasteiger partial charge in [-0.3, -0.25) is 4.79 Å². The lowest BCUT2D eigenvalue weighted by Gasteiger charge is -2.31. The highest BCUT2D eigenvalue weighted by Crippen LogP contribution is 2.69. The van der Waals surface area contributed by atoms with E-state index in [1.165, 1.54) is 0 Å². The van der Waals surface area contributed by atoms with Crippen LogP contribution in [0.1, 0.15) is 11.6 Å². The molecule has 0 saturated heterocycles. The van der Waals surface area contributed by atoms with Gasteiger partial charge in [0.1, 0.15) is 11.7 Å². The third-order valence-electron chi connectivity index (χ3n) is 5.33. The lowest BCUT2D eigenvalue weighted by atomic mass is 9.97. The molecule has 29 heavy (non-hydrogen) atoms. The molecule has 3 aromatic rings. The molecule has 0 bridgehead atoms. The van der Waals surface area contributed by atoms with Crippen LogP contribution in [-0.2, 0) is 11.2 Å². The molecule has 0 spiro atoms. The van der Waals surface area contributed by atoms with Crippen molar-refractivity contribution in [2.24, 2.45) is 5.92 Å². The topological polar surface area (TPSA) is 51.5 Å². The van der Waals surface area contributed by atoms with Gasteiger partial charge in [0.15, 0.2) is 9.93 Å². The van der Waals surface area contributed by atoms with E-state index in [0.717, 1.165) is 5.56 Å². The second-order valence-corrected chi connectivity index (χ2v) is 8.90. The molecule has 1 heterocycles. The van der Waals surface area contributed by atoms with Gasteiger partial charge in [0.2, 0.25) is 0 Å². The molecular weight excluding hydrogens is 433 g/mol. The van der Waals surface area contributed by atoms with Crippen LogP contribution in [-0.4, -0.2) is 25.6 Å². The van der Waals surface area contributed by atoms with E-state index < -0.39 is 27.9 Å². The van der Waals surface area contributed by atoms with Crippen LogP contribution in [0.25, 0.3) is 0 Å². The van der Waals surface area contributed by atoms with E-state index in [1.807, 2.05) is 59.4 Å². The third kappa shape index (κ3) is 3.50. The normalized spacial score (nSPS) is 23.3. The lowest BCUT2D eigenvalue weighted by molar-refractivity contribution is -0.140. The Labute approximate surface area is 183 Å². The number of aromatic nitrogens is 1. The van der Waals surface area contributed by atoms with Crippen LogP contribution in [0.2, 0.25) is 5.02 Å². The van der Waals surface area contributed by atoms with E-state index in [2.05, 4.69) is 0 Å². The Morgan fingerprint density at radius 1 is 1.03 bits per heavy atom. The van der Waals surface area contributed by atoms with Crippen LogP contribution < -0.4 is 4.74 Å². The summed E-state index contributed by atoms with van der Waals surface area (Å²) in [6, 6.07) is 19.7. The summed E-state index contributed by atoms with van der Waals surface area (Å²) in [5, 5.41) is 10.5. The van der Waals surface area contributed by atoms with E-state index in [9.17, 15) is 9.90 Å². The number of rotatable bonds is 7. The number of hydrogen-bond acceptors (Lipinski definition) is 2. The quantitative estimate of drug-likeness (QED) is 0.475. The van der Waals surface area contributed by atoms with E-state index in [-0.39, 0.29) is 0 Å². The molecule has 1 aliphatic carbocycles. The summed E-state index contributed by atoms with van der Waals surface area (Å²) in [4.78, 5) is 12.1. The van der Waals surface area contributed by atoms with E-state index in [1.54, 1.807) is 24.3 Å². The van der Waals surface area contributed by atoms with Crippen LogP contribution in [0.4, 0.5) is 0 Å². The zero-order chi connectivity index (χ0) is 20.6. The van der Waals surface area contributed by atoms with Crippen molar-refractivity contribution in [1.82, 2.24) is 4.57 Å². The number of carboxylic acids is 1. The number of benzene rings is 2. The van der Waals surface area contributed by atoms with Gasteiger partial charge in [0.05, 0.1) is 6.04 Å². The first-order valence-corrected chi connectivity index (χ1v) is 10.2. The summed E-state index contributed by atoms with van der Waals surface area (Å²) in [6.07, 6.45) is 4.18. The number of ether oxygens (including phenoxy) is 1. The van der Waals surface area contributed by atoms with Gasteiger partial charge < -0.3 is 14.4 Å². The molecule has 1 N–H and O–H groups in total. The van der Waals surface area contributed by atoms with Gasteiger partial charge >= 0.3 is 5.97 Å². The monoisotopic (exact) mass is 449 g/mol. The van der Waals surface area contributed by atoms with Gasteiger partial charge in [-0.15, -0.1) is 0 Å². The van der Waals surface area contributed by atoms with Gasteiger partial charge in [-0.05, 0) is 48.4 Å². The average Bonchev–Trinajstić information content (AvgIpc) is 3.03. The highest BCUT2D eigenvalue weighted by atomic mass is 35.5. The van der Waals surface area contributed by atoms with E-state index in [0.29, 0.717) is 17.2 Å². The number of halogens is 3. The predicted molar refractivity (Wildman–Crippen MR) is 114 cm³/mol. The fourth-order valence-electron chi connectivity index (χ4n) is 3.91. The minimum Gasteiger partial charge on any atom is -0.481 e. The van der Waals surface area contributed by atoms with Crippen molar-refractivity contribution in [2.75, 3.05) is 0 Å². The van der Waals surface area contributed by atoms with Crippen molar-refractivity contribution < 1.29 is 14.6 Å². The Morgan fingerprint density at radius 3 is 2.21 bits per heavy atom. The van der Waals surface area contributed by atoms with Crippen LogP contribution >= 0.6 is 34.8 Å². The molecule has 1 saturated carbocycles. The largest absolute Gasteiger partial charge is 0.481 e. The SMILES string of the molecule is O=C(O)C1C(Cl)(Cl)C1(Oc1ccccc1)C(Cc1ccc(Cl)cc1)n1cccc1. The number of para-hydroxylation sites is 1. The van der Waals surface area contributed by atoms with Crippen molar-refractivity contribution in [3.63, 3.8) is 0 Å². The van der Waals surface area contributed by atoms with Crippen molar-refractivity contribution in [3.8, 4) is 5.75 Å². The molecule has 3 unspecified atom stereocenters. The fraction of sp³-hybridized carbons (Fsp3) is 0.227. The van der Waals surface area contributed by atoms with Crippen molar-refractivity contribution in [2.45, 2.75) is 22.4 Å². The first-order chi connectivity index (χ1) is 13.9. The first-order valence-electron chi connectivity index (χ1n) is 9.08. The van der Waals surface area contributed by atoms with E-state index in [4.69, 9.17) is 39.5 Å². The average molecular weight is 451 g/mol. The van der Waals surface area contributed by atoms with Gasteiger partial charge in [-0.2, -0.15) is 0 Å². The summed E-state index contributed by atoms with van der Waals surface area (Å²) in [7, 11) is 0. The Balaban J connectivity index is 1.81. The Kier molecular flexibility index (Phi) is 5.28. The highest BCUT2D eigenvalue weighted by molar-refractivity contribution is 6.54. The van der Waals surface area contributed by atoms with Crippen molar-refractivity contribution >= 4 is 40.8 Å². The summed E-state index contributed by atoms with van der Waals surface area (Å²) in [5.41, 5.74) is -0.397. The highest BCUT2D eigenvalue weighted by Gasteiger charge is 2.85. The van der Waals surface area contributed by atoms with Gasteiger partial charge in [0.25, 0.3) is 0 Å². The molecule has 0 radical (unpaired) electrons. The molecule has 1 fully saturated rings. The molecule has 0 amide bonds. The number of carbonyl (C=O) groups is 1. The molecule has 1 aromatic heterocycles. The maximum Gasteiger partial charge on any atom is 0.314 e. The zero-order valence-corrected chi connectivity index (χ0v) is 17.5. The Bertz CT molecular complexity index is 990. The number of hydrogen-bond donors (Lipinski definition) is 1. The molecular formula is C22H18Cl3NO3. The van der Waals surface area contributed by atoms with Gasteiger partial charge in [-0.1, -0.05) is 65.1 Å². The minimum absolute atomic E-state index is 0.462. The molecule has 1 aliphatic rings. The lowest BCUT2D eigenvalue weighted by Crippen LogP contribution is -2.39. The molecule has 150 valence electrons. The summed E-state index contributed by atoms with van der Waals surface area (Å²) in [5.74, 6) is -1.69. The number of nitrogens with zero attached hydrogens (tertiary/aromatic N) is 1. The Hall–Kier alpha value is -2.14. The fourth-order valence-corrected chi connectivity index (χ4v) is 4.98. The second-order valence-electron chi connectivity index (χ2n) is 7.08. The van der Waals surface area contributed by atoms with Gasteiger partial charge in [-0.25, -0.2) is 0 Å². The van der Waals surface area contributed by atoms with Crippen LogP contribution in [0.15, 0.2) is 79.1 Å². The maximum atomic E-state index is 12.1. The second kappa shape index (κ2) is 7.60. The molecule has 3 atom stereocenters. The molecule has 4 nitrogen and oxygen atoms in total.